The third kappa shape index (κ3) is 4.23. The van der Waals surface area contributed by atoms with Crippen molar-refractivity contribution < 1.29 is 9.53 Å². The summed E-state index contributed by atoms with van der Waals surface area (Å²) in [6.07, 6.45) is 8.30. The van der Waals surface area contributed by atoms with Gasteiger partial charge in [-0.1, -0.05) is 26.7 Å². The van der Waals surface area contributed by atoms with E-state index >= 15 is 0 Å². The summed E-state index contributed by atoms with van der Waals surface area (Å²) in [6, 6.07) is 0. The van der Waals surface area contributed by atoms with E-state index in [1.807, 2.05) is 6.08 Å². The van der Waals surface area contributed by atoms with E-state index in [1.54, 1.807) is 7.11 Å². The fourth-order valence-corrected chi connectivity index (χ4v) is 1.62. The predicted molar refractivity (Wildman–Crippen MR) is 54.8 cm³/mol. The van der Waals surface area contributed by atoms with Crippen LogP contribution in [-0.4, -0.2) is 19.0 Å². The minimum atomic E-state index is -0.218. The minimum absolute atomic E-state index is 0.218. The van der Waals surface area contributed by atoms with Crippen molar-refractivity contribution in [3.05, 3.63) is 12.2 Å². The lowest BCUT2D eigenvalue weighted by atomic mass is 9.92. The molecule has 0 radical (unpaired) electrons. The van der Waals surface area contributed by atoms with E-state index in [4.69, 9.17) is 4.74 Å². The van der Waals surface area contributed by atoms with E-state index in [-0.39, 0.29) is 5.60 Å². The first kappa shape index (κ1) is 12.4. The van der Waals surface area contributed by atoms with Crippen molar-refractivity contribution >= 4 is 6.29 Å². The second-order valence-corrected chi connectivity index (χ2v) is 3.26. The lowest BCUT2D eigenvalue weighted by molar-refractivity contribution is -0.104. The van der Waals surface area contributed by atoms with Gasteiger partial charge in [0.25, 0.3) is 0 Å². The van der Waals surface area contributed by atoms with Crippen LogP contribution in [0.5, 0.6) is 0 Å². The quantitative estimate of drug-likeness (QED) is 0.449. The van der Waals surface area contributed by atoms with Gasteiger partial charge in [-0.05, 0) is 25.0 Å². The molecule has 0 saturated heterocycles. The Hall–Kier alpha value is -0.630. The number of carbonyl (C=O) groups is 1. The highest BCUT2D eigenvalue weighted by Gasteiger charge is 2.23. The highest BCUT2D eigenvalue weighted by atomic mass is 16.5. The van der Waals surface area contributed by atoms with Gasteiger partial charge in [-0.3, -0.25) is 4.79 Å². The molecular weight excluding hydrogens is 164 g/mol. The Labute approximate surface area is 81.0 Å². The largest absolute Gasteiger partial charge is 0.374 e. The summed E-state index contributed by atoms with van der Waals surface area (Å²) in [4.78, 5) is 10.2. The number of rotatable bonds is 7. The summed E-state index contributed by atoms with van der Waals surface area (Å²) >= 11 is 0. The molecule has 0 aromatic carbocycles. The van der Waals surface area contributed by atoms with Gasteiger partial charge in [0.2, 0.25) is 0 Å². The zero-order valence-electron chi connectivity index (χ0n) is 8.88. The molecule has 0 aromatic heterocycles. The number of carbonyl (C=O) groups excluding carboxylic acids is 1. The van der Waals surface area contributed by atoms with Crippen molar-refractivity contribution in [1.82, 2.24) is 0 Å². The monoisotopic (exact) mass is 184 g/mol. The normalized spacial score (nSPS) is 12.2. The smallest absolute Gasteiger partial charge is 0.142 e. The van der Waals surface area contributed by atoms with Crippen LogP contribution in [-0.2, 0) is 9.53 Å². The summed E-state index contributed by atoms with van der Waals surface area (Å²) in [5.41, 5.74) is -0.218. The van der Waals surface area contributed by atoms with Crippen molar-refractivity contribution in [2.45, 2.75) is 45.1 Å². The third-order valence-corrected chi connectivity index (χ3v) is 2.23. The van der Waals surface area contributed by atoms with E-state index < -0.39 is 0 Å². The van der Waals surface area contributed by atoms with Gasteiger partial charge in [-0.2, -0.15) is 0 Å². The average molecular weight is 184 g/mol. The maximum Gasteiger partial charge on any atom is 0.142 e. The lowest BCUT2D eigenvalue weighted by Crippen LogP contribution is -2.28. The fourth-order valence-electron chi connectivity index (χ4n) is 1.62. The Morgan fingerprint density at radius 2 is 1.77 bits per heavy atom. The van der Waals surface area contributed by atoms with E-state index in [1.165, 1.54) is 6.08 Å². The van der Waals surface area contributed by atoms with Gasteiger partial charge in [0.05, 0.1) is 5.60 Å². The van der Waals surface area contributed by atoms with Crippen LogP contribution in [0.1, 0.15) is 39.5 Å². The van der Waals surface area contributed by atoms with Crippen molar-refractivity contribution in [3.8, 4) is 0 Å². The number of methoxy groups -OCH3 is 1. The predicted octanol–water partition coefficient (Wildman–Crippen LogP) is 2.73. The summed E-state index contributed by atoms with van der Waals surface area (Å²) < 4.78 is 5.48. The first-order chi connectivity index (χ1) is 6.24. The maximum absolute atomic E-state index is 10.2. The molecule has 0 aliphatic rings. The molecule has 0 spiro atoms. The molecule has 0 saturated carbocycles. The summed E-state index contributed by atoms with van der Waals surface area (Å²) in [5, 5.41) is 0. The number of ether oxygens (including phenoxy) is 1. The van der Waals surface area contributed by atoms with Crippen LogP contribution >= 0.6 is 0 Å². The van der Waals surface area contributed by atoms with Crippen LogP contribution in [0.25, 0.3) is 0 Å². The van der Waals surface area contributed by atoms with Gasteiger partial charge in [0.15, 0.2) is 0 Å². The molecule has 0 N–H and O–H groups in total. The lowest BCUT2D eigenvalue weighted by Gasteiger charge is -2.28. The minimum Gasteiger partial charge on any atom is -0.374 e. The zero-order valence-corrected chi connectivity index (χ0v) is 8.88. The van der Waals surface area contributed by atoms with Crippen molar-refractivity contribution in [2.75, 3.05) is 7.11 Å². The van der Waals surface area contributed by atoms with Crippen LogP contribution < -0.4 is 0 Å². The molecule has 0 amide bonds. The second-order valence-electron chi connectivity index (χ2n) is 3.26. The first-order valence-electron chi connectivity index (χ1n) is 4.92. The van der Waals surface area contributed by atoms with E-state index in [9.17, 15) is 4.79 Å². The topological polar surface area (TPSA) is 26.3 Å². The molecule has 13 heavy (non-hydrogen) atoms. The average Bonchev–Trinajstić information content (AvgIpc) is 2.15. The van der Waals surface area contributed by atoms with E-state index in [0.29, 0.717) is 0 Å². The highest BCUT2D eigenvalue weighted by Crippen LogP contribution is 2.24. The molecule has 0 unspecified atom stereocenters. The van der Waals surface area contributed by atoms with Gasteiger partial charge < -0.3 is 4.74 Å². The molecule has 0 aromatic rings. The molecule has 2 nitrogen and oxygen atoms in total. The van der Waals surface area contributed by atoms with Crippen LogP contribution in [0.4, 0.5) is 0 Å². The second kappa shape index (κ2) is 6.84. The fraction of sp³-hybridized carbons (Fsp3) is 0.727. The molecule has 0 heterocycles. The molecule has 0 aliphatic heterocycles. The maximum atomic E-state index is 10.2. The molecule has 2 heteroatoms. The van der Waals surface area contributed by atoms with Crippen LogP contribution in [0.3, 0.4) is 0 Å². The van der Waals surface area contributed by atoms with Crippen LogP contribution in [0.15, 0.2) is 12.2 Å². The Balaban J connectivity index is 4.42. The highest BCUT2D eigenvalue weighted by molar-refractivity contribution is 5.65. The molecular formula is C11H20O2. The van der Waals surface area contributed by atoms with E-state index in [2.05, 4.69) is 13.8 Å². The molecule has 0 aliphatic carbocycles. The van der Waals surface area contributed by atoms with E-state index in [0.717, 1.165) is 32.0 Å². The third-order valence-electron chi connectivity index (χ3n) is 2.23. The summed E-state index contributed by atoms with van der Waals surface area (Å²) in [6.45, 7) is 4.25. The number of aldehydes is 1. The van der Waals surface area contributed by atoms with Crippen LogP contribution in [0.2, 0.25) is 0 Å². The SMILES string of the molecule is CCCC(/C=C/C=O)(CCC)OC. The molecule has 76 valence electrons. The Morgan fingerprint density at radius 3 is 2.08 bits per heavy atom. The summed E-state index contributed by atoms with van der Waals surface area (Å²) in [5.74, 6) is 0. The first-order valence-corrected chi connectivity index (χ1v) is 4.92. The van der Waals surface area contributed by atoms with Gasteiger partial charge in [-0.25, -0.2) is 0 Å². The number of hydrogen-bond acceptors (Lipinski definition) is 2. The zero-order chi connectivity index (χ0) is 10.2. The van der Waals surface area contributed by atoms with Crippen molar-refractivity contribution in [2.24, 2.45) is 0 Å². The molecule has 0 fully saturated rings. The Morgan fingerprint density at radius 1 is 1.23 bits per heavy atom. The van der Waals surface area contributed by atoms with Gasteiger partial charge >= 0.3 is 0 Å². The summed E-state index contributed by atoms with van der Waals surface area (Å²) in [7, 11) is 1.71. The van der Waals surface area contributed by atoms with Gasteiger partial charge in [0, 0.05) is 7.11 Å². The molecule has 0 bridgehead atoms. The standard InChI is InChI=1S/C11H20O2/c1-4-7-11(13-3,8-5-2)9-6-10-12/h6,9-10H,4-5,7-8H2,1-3H3/b9-6+. The Bertz CT molecular complexity index is 155. The molecule has 0 atom stereocenters. The molecule has 0 rings (SSSR count). The number of hydrogen-bond donors (Lipinski definition) is 0. The van der Waals surface area contributed by atoms with Crippen molar-refractivity contribution in [1.29, 1.82) is 0 Å². The van der Waals surface area contributed by atoms with Gasteiger partial charge in [0.1, 0.15) is 6.29 Å². The van der Waals surface area contributed by atoms with Crippen LogP contribution in [0, 0.1) is 0 Å². The van der Waals surface area contributed by atoms with Gasteiger partial charge in [-0.15, -0.1) is 0 Å². The number of allylic oxidation sites excluding steroid dienone is 1. The Kier molecular flexibility index (Phi) is 6.51. The van der Waals surface area contributed by atoms with Crippen molar-refractivity contribution in [3.63, 3.8) is 0 Å².